The number of amides is 3. The van der Waals surface area contributed by atoms with Crippen molar-refractivity contribution in [2.45, 2.75) is 30.2 Å². The molecule has 0 bridgehead atoms. The van der Waals surface area contributed by atoms with E-state index >= 15 is 0 Å². The summed E-state index contributed by atoms with van der Waals surface area (Å²) in [5.74, 6) is 0.467. The lowest BCUT2D eigenvalue weighted by molar-refractivity contribution is 0.0389. The second-order valence-corrected chi connectivity index (χ2v) is 13.4. The van der Waals surface area contributed by atoms with Gasteiger partial charge in [-0.3, -0.25) is 4.79 Å². The molecule has 42 heavy (non-hydrogen) atoms. The zero-order valence-electron chi connectivity index (χ0n) is 23.3. The van der Waals surface area contributed by atoms with E-state index in [4.69, 9.17) is 14.2 Å². The van der Waals surface area contributed by atoms with Crippen molar-refractivity contribution in [2.24, 2.45) is 5.92 Å². The minimum atomic E-state index is -3.78. The molecule has 0 fully saturated rings. The average molecular weight is 617 g/mol. The van der Waals surface area contributed by atoms with Crippen LogP contribution in [0.15, 0.2) is 58.1 Å². The Hall–Kier alpha value is -3.85. The van der Waals surface area contributed by atoms with Gasteiger partial charge in [-0.05, 0) is 42.6 Å². The van der Waals surface area contributed by atoms with Crippen LogP contribution in [0.1, 0.15) is 24.2 Å². The van der Waals surface area contributed by atoms with Gasteiger partial charge in [0.2, 0.25) is 6.79 Å². The molecule has 3 amide bonds. The van der Waals surface area contributed by atoms with E-state index in [-0.39, 0.29) is 59.5 Å². The molecule has 3 atom stereocenters. The number of fused-ring (bicyclic) bond motifs is 2. The second kappa shape index (κ2) is 12.2. The molecule has 14 heteroatoms. The number of nitrogens with one attached hydrogen (secondary N) is 2. The van der Waals surface area contributed by atoms with Crippen molar-refractivity contribution in [2.75, 3.05) is 44.2 Å². The predicted octanol–water partition coefficient (Wildman–Crippen LogP) is 3.66. The maximum atomic E-state index is 13.7. The smallest absolute Gasteiger partial charge is 0.323 e. The van der Waals surface area contributed by atoms with Crippen molar-refractivity contribution < 1.29 is 37.3 Å². The zero-order chi connectivity index (χ0) is 30.0. The summed E-state index contributed by atoms with van der Waals surface area (Å²) < 4.78 is 44.9. The van der Waals surface area contributed by atoms with Crippen LogP contribution >= 0.6 is 11.3 Å². The molecule has 3 aromatic rings. The number of urea groups is 1. The Labute approximate surface area is 247 Å². The Bertz CT molecular complexity index is 1560. The first-order valence-corrected chi connectivity index (χ1v) is 15.6. The number of anilines is 2. The quantitative estimate of drug-likeness (QED) is 0.348. The molecule has 3 heterocycles. The third kappa shape index (κ3) is 6.02. The standard InChI is InChI=1S/C28H32N4O8S2/c1-17-13-32(18(2)15-33)27(34)20-6-4-7-21(30-28(35)29-19-9-10-22-23(12-19)39-16-38-22)26(20)40-24(17)14-31(3)42(36,37)25-8-5-11-41-25/h4-12,17-18,24,33H,13-16H2,1-3H3,(H2,29,30,35)/t17-,18-,24-/m1/s1. The number of sulfonamides is 1. The Morgan fingerprint density at radius 3 is 2.69 bits per heavy atom. The van der Waals surface area contributed by atoms with Crippen LogP contribution in [0, 0.1) is 5.92 Å². The lowest BCUT2D eigenvalue weighted by Crippen LogP contribution is -2.50. The highest BCUT2D eigenvalue weighted by Gasteiger charge is 2.36. The topological polar surface area (TPSA) is 147 Å². The van der Waals surface area contributed by atoms with E-state index in [9.17, 15) is 23.1 Å². The van der Waals surface area contributed by atoms with Crippen molar-refractivity contribution in [3.63, 3.8) is 0 Å². The molecule has 3 N–H and O–H groups in total. The lowest BCUT2D eigenvalue weighted by Gasteiger charge is -2.38. The highest BCUT2D eigenvalue weighted by atomic mass is 32.2. The molecule has 12 nitrogen and oxygen atoms in total. The van der Waals surface area contributed by atoms with Crippen LogP contribution in [0.5, 0.6) is 17.2 Å². The van der Waals surface area contributed by atoms with E-state index in [0.29, 0.717) is 17.2 Å². The van der Waals surface area contributed by atoms with Crippen LogP contribution in [0.2, 0.25) is 0 Å². The number of carbonyl (C=O) groups is 2. The van der Waals surface area contributed by atoms with Crippen molar-refractivity contribution in [3.8, 4) is 17.2 Å². The van der Waals surface area contributed by atoms with Crippen molar-refractivity contribution in [3.05, 3.63) is 59.5 Å². The molecule has 0 aliphatic carbocycles. The summed E-state index contributed by atoms with van der Waals surface area (Å²) in [5.41, 5.74) is 0.859. The molecule has 0 saturated carbocycles. The minimum Gasteiger partial charge on any atom is -0.486 e. The van der Waals surface area contributed by atoms with E-state index < -0.39 is 28.2 Å². The SMILES string of the molecule is C[C@@H]1CN([C@H](C)CO)C(=O)c2cccc(NC(=O)Nc3ccc4c(c3)OCO4)c2O[C@@H]1CN(C)S(=O)(=O)c1cccs1. The number of hydrogen-bond donors (Lipinski definition) is 3. The van der Waals surface area contributed by atoms with Crippen LogP contribution in [-0.2, 0) is 10.0 Å². The fourth-order valence-electron chi connectivity index (χ4n) is 4.73. The van der Waals surface area contributed by atoms with Gasteiger partial charge in [0.15, 0.2) is 17.2 Å². The van der Waals surface area contributed by atoms with Gasteiger partial charge < -0.3 is 34.9 Å². The summed E-state index contributed by atoms with van der Waals surface area (Å²) in [6, 6.07) is 11.9. The van der Waals surface area contributed by atoms with Gasteiger partial charge >= 0.3 is 6.03 Å². The Morgan fingerprint density at radius 1 is 1.17 bits per heavy atom. The van der Waals surface area contributed by atoms with Gasteiger partial charge in [-0.1, -0.05) is 19.1 Å². The van der Waals surface area contributed by atoms with Gasteiger partial charge in [-0.2, -0.15) is 4.31 Å². The number of ether oxygens (including phenoxy) is 3. The van der Waals surface area contributed by atoms with E-state index in [1.165, 1.54) is 11.4 Å². The maximum Gasteiger partial charge on any atom is 0.323 e. The highest BCUT2D eigenvalue weighted by molar-refractivity contribution is 7.91. The first kappa shape index (κ1) is 29.6. The normalized spacial score (nSPS) is 19.0. The molecule has 5 rings (SSSR count). The van der Waals surface area contributed by atoms with Crippen LogP contribution < -0.4 is 24.8 Å². The first-order valence-electron chi connectivity index (χ1n) is 13.3. The lowest BCUT2D eigenvalue weighted by atomic mass is 9.99. The fraction of sp³-hybridized carbons (Fsp3) is 0.357. The molecule has 2 aromatic carbocycles. The summed E-state index contributed by atoms with van der Waals surface area (Å²) in [7, 11) is -2.30. The molecule has 224 valence electrons. The monoisotopic (exact) mass is 616 g/mol. The molecular formula is C28H32N4O8S2. The first-order chi connectivity index (χ1) is 20.1. The number of carbonyl (C=O) groups excluding carboxylic acids is 2. The third-order valence-corrected chi connectivity index (χ3v) is 10.4. The largest absolute Gasteiger partial charge is 0.486 e. The van der Waals surface area contributed by atoms with Gasteiger partial charge in [0, 0.05) is 31.3 Å². The summed E-state index contributed by atoms with van der Waals surface area (Å²) in [5, 5.41) is 17.1. The predicted molar refractivity (Wildman–Crippen MR) is 157 cm³/mol. The maximum absolute atomic E-state index is 13.7. The summed E-state index contributed by atoms with van der Waals surface area (Å²) in [4.78, 5) is 28.3. The van der Waals surface area contributed by atoms with E-state index in [1.807, 2.05) is 6.92 Å². The molecule has 1 aromatic heterocycles. The molecule has 0 radical (unpaired) electrons. The number of aliphatic hydroxyl groups excluding tert-OH is 1. The Balaban J connectivity index is 1.45. The van der Waals surface area contributed by atoms with E-state index in [1.54, 1.807) is 65.7 Å². The molecule has 0 spiro atoms. The third-order valence-electron chi connectivity index (χ3n) is 7.17. The van der Waals surface area contributed by atoms with E-state index in [0.717, 1.165) is 11.3 Å². The number of thiophene rings is 1. The second-order valence-electron chi connectivity index (χ2n) is 10.2. The van der Waals surface area contributed by atoms with Crippen molar-refractivity contribution in [1.82, 2.24) is 9.21 Å². The minimum absolute atomic E-state index is 0.0197. The van der Waals surface area contributed by atoms with Gasteiger partial charge in [-0.25, -0.2) is 13.2 Å². The molecule has 0 unspecified atom stereocenters. The van der Waals surface area contributed by atoms with Crippen molar-refractivity contribution in [1.29, 1.82) is 0 Å². The van der Waals surface area contributed by atoms with Crippen LogP contribution in [0.25, 0.3) is 0 Å². The number of benzene rings is 2. The molecule has 2 aliphatic rings. The van der Waals surface area contributed by atoms with Gasteiger partial charge in [-0.15, -0.1) is 11.3 Å². The number of likely N-dealkylation sites (N-methyl/N-ethyl adjacent to an activating group) is 1. The molecule has 2 aliphatic heterocycles. The molecular weight excluding hydrogens is 584 g/mol. The van der Waals surface area contributed by atoms with Crippen molar-refractivity contribution >= 4 is 44.7 Å². The van der Waals surface area contributed by atoms with E-state index in [2.05, 4.69) is 10.6 Å². The van der Waals surface area contributed by atoms with Gasteiger partial charge in [0.1, 0.15) is 10.3 Å². The Kier molecular flexibility index (Phi) is 8.59. The van der Waals surface area contributed by atoms with Crippen LogP contribution in [0.3, 0.4) is 0 Å². The Morgan fingerprint density at radius 2 is 1.95 bits per heavy atom. The zero-order valence-corrected chi connectivity index (χ0v) is 24.9. The summed E-state index contributed by atoms with van der Waals surface area (Å²) >= 11 is 1.12. The number of rotatable bonds is 8. The number of hydrogen-bond acceptors (Lipinski definition) is 9. The van der Waals surface area contributed by atoms with Crippen LogP contribution in [0.4, 0.5) is 16.2 Å². The van der Waals surface area contributed by atoms with Crippen LogP contribution in [-0.4, -0.2) is 80.4 Å². The van der Waals surface area contributed by atoms with Gasteiger partial charge in [0.25, 0.3) is 15.9 Å². The summed E-state index contributed by atoms with van der Waals surface area (Å²) in [6.07, 6.45) is -0.704. The number of aliphatic hydroxyl groups is 1. The van der Waals surface area contributed by atoms with Gasteiger partial charge in [0.05, 0.1) is 30.4 Å². The number of nitrogens with zero attached hydrogens (tertiary/aromatic N) is 2. The summed E-state index contributed by atoms with van der Waals surface area (Å²) in [6.45, 7) is 3.63. The highest BCUT2D eigenvalue weighted by Crippen LogP contribution is 2.37. The number of para-hydroxylation sites is 1. The molecule has 0 saturated heterocycles. The fourth-order valence-corrected chi connectivity index (χ4v) is 7.12. The average Bonchev–Trinajstić information content (AvgIpc) is 3.67.